The Balaban J connectivity index is 1.86. The summed E-state index contributed by atoms with van der Waals surface area (Å²) in [6, 6.07) is 11.6. The zero-order valence-corrected chi connectivity index (χ0v) is 20.7. The first-order valence-electron chi connectivity index (χ1n) is 11.5. The van der Waals surface area contributed by atoms with E-state index in [4.69, 9.17) is 4.89 Å². The lowest BCUT2D eigenvalue weighted by Crippen LogP contribution is -2.14. The molecule has 2 aromatic rings. The Labute approximate surface area is 197 Å². The fourth-order valence-electron chi connectivity index (χ4n) is 3.58. The van der Waals surface area contributed by atoms with Gasteiger partial charge in [0.05, 0.1) is 0 Å². The maximum absolute atomic E-state index is 12.5. The molecule has 0 aliphatic heterocycles. The number of hydrogen-bond donors (Lipinski definition) is 1. The average Bonchev–Trinajstić information content (AvgIpc) is 2.79. The SMILES string of the molecule is CCCCCCCCCCCCc1ccccc1OOS(=O)(=O)c1ccccc1S(=O)(=O)O. The Morgan fingerprint density at radius 2 is 1.21 bits per heavy atom. The van der Waals surface area contributed by atoms with Crippen molar-refractivity contribution in [3.8, 4) is 5.75 Å². The molecule has 0 unspecified atom stereocenters. The second-order valence-corrected chi connectivity index (χ2v) is 10.9. The van der Waals surface area contributed by atoms with Crippen LogP contribution < -0.4 is 4.89 Å². The van der Waals surface area contributed by atoms with Crippen LogP contribution in [0.5, 0.6) is 5.75 Å². The summed E-state index contributed by atoms with van der Waals surface area (Å²) in [7, 11) is -9.34. The van der Waals surface area contributed by atoms with E-state index in [1.807, 2.05) is 12.1 Å². The first kappa shape index (κ1) is 27.3. The molecule has 0 aliphatic rings. The third-order valence-corrected chi connectivity index (χ3v) is 7.56. The van der Waals surface area contributed by atoms with Crippen molar-refractivity contribution in [1.29, 1.82) is 0 Å². The van der Waals surface area contributed by atoms with Gasteiger partial charge < -0.3 is 4.89 Å². The van der Waals surface area contributed by atoms with Crippen molar-refractivity contribution in [3.05, 3.63) is 54.1 Å². The molecule has 0 spiro atoms. The van der Waals surface area contributed by atoms with E-state index in [0.717, 1.165) is 37.0 Å². The minimum absolute atomic E-state index is 0.251. The van der Waals surface area contributed by atoms with Gasteiger partial charge in [-0.25, -0.2) is 0 Å². The van der Waals surface area contributed by atoms with Gasteiger partial charge in [-0.1, -0.05) is 99.4 Å². The van der Waals surface area contributed by atoms with Gasteiger partial charge in [0.1, 0.15) is 9.79 Å². The lowest BCUT2D eigenvalue weighted by molar-refractivity contribution is -0.0936. The highest BCUT2D eigenvalue weighted by Gasteiger charge is 2.27. The molecule has 0 aromatic heterocycles. The summed E-state index contributed by atoms with van der Waals surface area (Å²) in [4.78, 5) is 3.64. The van der Waals surface area contributed by atoms with E-state index in [2.05, 4.69) is 11.3 Å². The topological polar surface area (TPSA) is 107 Å². The molecule has 0 heterocycles. The number of rotatable bonds is 16. The highest BCUT2D eigenvalue weighted by molar-refractivity contribution is 7.89. The van der Waals surface area contributed by atoms with Crippen molar-refractivity contribution < 1.29 is 30.6 Å². The minimum atomic E-state index is -4.75. The van der Waals surface area contributed by atoms with Crippen molar-refractivity contribution >= 4 is 20.2 Å². The molecule has 0 amide bonds. The number of unbranched alkanes of at least 4 members (excludes halogenated alkanes) is 9. The standard InChI is InChI=1S/C24H34O7S2/c1-2-3-4-5-6-7-8-9-10-11-16-21-17-12-13-18-22(21)30-31-33(28,29)24-20-15-14-19-23(24)32(25,26)27/h12-15,17-20H,2-11,16H2,1H3,(H,25,26,27). The molecule has 0 radical (unpaired) electrons. The molecule has 0 saturated heterocycles. The van der Waals surface area contributed by atoms with Gasteiger partial charge >= 0.3 is 10.1 Å². The van der Waals surface area contributed by atoms with Crippen molar-refractivity contribution in [1.82, 2.24) is 0 Å². The summed E-state index contributed by atoms with van der Waals surface area (Å²) in [6.45, 7) is 2.22. The van der Waals surface area contributed by atoms with E-state index in [1.165, 1.54) is 57.1 Å². The van der Waals surface area contributed by atoms with E-state index in [0.29, 0.717) is 6.42 Å². The number of hydrogen-bond acceptors (Lipinski definition) is 6. The van der Waals surface area contributed by atoms with Gasteiger partial charge in [0.2, 0.25) is 0 Å². The van der Waals surface area contributed by atoms with Gasteiger partial charge in [0.25, 0.3) is 10.1 Å². The van der Waals surface area contributed by atoms with Gasteiger partial charge in [0, 0.05) is 0 Å². The molecule has 0 saturated carbocycles. The number of benzene rings is 2. The molecule has 33 heavy (non-hydrogen) atoms. The highest BCUT2D eigenvalue weighted by atomic mass is 32.2. The lowest BCUT2D eigenvalue weighted by atomic mass is 10.0. The smallest absolute Gasteiger partial charge is 0.320 e. The third-order valence-electron chi connectivity index (χ3n) is 5.38. The first-order valence-corrected chi connectivity index (χ1v) is 14.4. The summed E-state index contributed by atoms with van der Waals surface area (Å²) in [5, 5.41) is 0. The van der Waals surface area contributed by atoms with Crippen LogP contribution in [0.4, 0.5) is 0 Å². The number of para-hydroxylation sites is 1. The maximum atomic E-state index is 12.5. The fourth-order valence-corrected chi connectivity index (χ4v) is 5.57. The van der Waals surface area contributed by atoms with Gasteiger partial charge in [-0.2, -0.15) is 16.8 Å². The quantitative estimate of drug-likeness (QED) is 0.129. The van der Waals surface area contributed by atoms with Crippen LogP contribution in [0, 0.1) is 0 Å². The van der Waals surface area contributed by atoms with Crippen molar-refractivity contribution in [2.45, 2.75) is 87.3 Å². The molecule has 1 N–H and O–H groups in total. The van der Waals surface area contributed by atoms with Gasteiger partial charge in [-0.3, -0.25) is 4.55 Å². The molecule has 0 bridgehead atoms. The summed E-state index contributed by atoms with van der Waals surface area (Å²) < 4.78 is 62.0. The van der Waals surface area contributed by atoms with Gasteiger partial charge in [-0.05, 0) is 36.6 Å². The second kappa shape index (κ2) is 13.7. The molecular formula is C24H34O7S2. The van der Waals surface area contributed by atoms with E-state index in [-0.39, 0.29) is 5.75 Å². The van der Waals surface area contributed by atoms with Crippen LogP contribution in [-0.4, -0.2) is 21.4 Å². The Morgan fingerprint density at radius 1 is 0.697 bits per heavy atom. The Hall–Kier alpha value is -1.94. The summed E-state index contributed by atoms with van der Waals surface area (Å²) in [6.07, 6.45) is 12.9. The van der Waals surface area contributed by atoms with E-state index in [1.54, 1.807) is 12.1 Å². The molecule has 184 valence electrons. The van der Waals surface area contributed by atoms with Crippen LogP contribution >= 0.6 is 0 Å². The van der Waals surface area contributed by atoms with Gasteiger partial charge in [0.15, 0.2) is 5.75 Å². The minimum Gasteiger partial charge on any atom is -0.320 e. The van der Waals surface area contributed by atoms with Crippen LogP contribution in [0.1, 0.15) is 76.7 Å². The Kier molecular flexibility index (Phi) is 11.3. The zero-order chi connectivity index (χ0) is 24.2. The summed E-state index contributed by atoms with van der Waals surface area (Å²) in [5.41, 5.74) is 0.801. The molecule has 7 nitrogen and oxygen atoms in total. The van der Waals surface area contributed by atoms with Crippen LogP contribution in [0.25, 0.3) is 0 Å². The summed E-state index contributed by atoms with van der Waals surface area (Å²) >= 11 is 0. The second-order valence-electron chi connectivity index (χ2n) is 8.07. The maximum Gasteiger partial charge on any atom is 0.333 e. The van der Waals surface area contributed by atoms with E-state index in [9.17, 15) is 21.4 Å². The predicted octanol–water partition coefficient (Wildman–Crippen LogP) is 6.10. The summed E-state index contributed by atoms with van der Waals surface area (Å²) in [5.74, 6) is 0.251. The lowest BCUT2D eigenvalue weighted by Gasteiger charge is -2.11. The monoisotopic (exact) mass is 498 g/mol. The first-order chi connectivity index (χ1) is 15.8. The van der Waals surface area contributed by atoms with Crippen LogP contribution in [0.2, 0.25) is 0 Å². The molecule has 0 atom stereocenters. The molecule has 2 aromatic carbocycles. The van der Waals surface area contributed by atoms with Crippen LogP contribution in [0.3, 0.4) is 0 Å². The molecular weight excluding hydrogens is 464 g/mol. The van der Waals surface area contributed by atoms with Crippen LogP contribution in [0.15, 0.2) is 58.3 Å². The average molecular weight is 499 g/mol. The Morgan fingerprint density at radius 3 is 1.82 bits per heavy atom. The zero-order valence-electron chi connectivity index (χ0n) is 19.1. The fraction of sp³-hybridized carbons (Fsp3) is 0.500. The largest absolute Gasteiger partial charge is 0.333 e. The molecule has 9 heteroatoms. The third kappa shape index (κ3) is 9.44. The molecule has 0 aliphatic carbocycles. The normalized spacial score (nSPS) is 12.1. The van der Waals surface area contributed by atoms with Crippen molar-refractivity contribution in [2.75, 3.05) is 0 Å². The molecule has 0 fully saturated rings. The molecule has 2 rings (SSSR count). The van der Waals surface area contributed by atoms with Crippen LogP contribution in [-0.2, 0) is 31.0 Å². The Bertz CT molecular complexity index is 1060. The van der Waals surface area contributed by atoms with Gasteiger partial charge in [-0.15, -0.1) is 0 Å². The van der Waals surface area contributed by atoms with Crippen molar-refractivity contribution in [3.63, 3.8) is 0 Å². The highest BCUT2D eigenvalue weighted by Crippen LogP contribution is 2.26. The van der Waals surface area contributed by atoms with E-state index < -0.39 is 30.0 Å². The number of aryl methyl sites for hydroxylation is 1. The van der Waals surface area contributed by atoms with E-state index >= 15 is 0 Å². The predicted molar refractivity (Wildman–Crippen MR) is 127 cm³/mol. The van der Waals surface area contributed by atoms with Crippen molar-refractivity contribution in [2.24, 2.45) is 0 Å².